The highest BCUT2D eigenvalue weighted by Crippen LogP contribution is 2.26. The van der Waals surface area contributed by atoms with Crippen LogP contribution in [-0.2, 0) is 0 Å². The number of halogens is 2. The number of aryl methyl sites for hydroxylation is 1. The first-order valence-corrected chi connectivity index (χ1v) is 8.65. The fourth-order valence-electron chi connectivity index (χ4n) is 2.73. The zero-order chi connectivity index (χ0) is 17.1. The predicted octanol–water partition coefficient (Wildman–Crippen LogP) is 4.33. The predicted molar refractivity (Wildman–Crippen MR) is 97.2 cm³/mol. The van der Waals surface area contributed by atoms with E-state index >= 15 is 0 Å². The van der Waals surface area contributed by atoms with Crippen LogP contribution in [0, 0.1) is 6.92 Å². The van der Waals surface area contributed by atoms with Crippen molar-refractivity contribution in [1.82, 2.24) is 9.97 Å². The second-order valence-corrected chi connectivity index (χ2v) is 6.63. The Morgan fingerprint density at radius 3 is 2.58 bits per heavy atom. The van der Waals surface area contributed by atoms with E-state index in [1.807, 2.05) is 0 Å². The van der Waals surface area contributed by atoms with Crippen LogP contribution in [0.5, 0.6) is 0 Å². The van der Waals surface area contributed by atoms with E-state index in [4.69, 9.17) is 23.2 Å². The van der Waals surface area contributed by atoms with Gasteiger partial charge in [0.25, 0.3) is 5.91 Å². The third-order valence-corrected chi connectivity index (χ3v) is 4.46. The van der Waals surface area contributed by atoms with Crippen LogP contribution >= 0.6 is 23.2 Å². The number of anilines is 2. The second-order valence-electron chi connectivity index (χ2n) is 5.78. The number of carbonyl (C=O) groups excluding carboxylic acids is 1. The topological polar surface area (TPSA) is 58.1 Å². The molecule has 2 heterocycles. The monoisotopic (exact) mass is 364 g/mol. The SMILES string of the molecule is Cc1nc(C(=O)Nc2ccc(Cl)cc2Cl)cc(N2CCCCC2)n1. The number of amides is 1. The standard InChI is InChI=1S/C17H18Cl2N4O/c1-11-20-15(10-16(21-11)23-7-3-2-4-8-23)17(24)22-14-6-5-12(18)9-13(14)19/h5-6,9-10H,2-4,7-8H2,1H3,(H,22,24). The van der Waals surface area contributed by atoms with Crippen molar-refractivity contribution in [3.8, 4) is 0 Å². The minimum absolute atomic E-state index is 0.317. The van der Waals surface area contributed by atoms with Crippen LogP contribution in [0.15, 0.2) is 24.3 Å². The largest absolute Gasteiger partial charge is 0.356 e. The molecule has 7 heteroatoms. The highest BCUT2D eigenvalue weighted by atomic mass is 35.5. The molecule has 0 atom stereocenters. The molecule has 1 amide bonds. The van der Waals surface area contributed by atoms with E-state index < -0.39 is 0 Å². The van der Waals surface area contributed by atoms with Crippen molar-refractivity contribution in [3.05, 3.63) is 45.8 Å². The molecule has 1 aliphatic rings. The summed E-state index contributed by atoms with van der Waals surface area (Å²) in [6.45, 7) is 3.71. The normalized spacial score (nSPS) is 14.5. The molecule has 126 valence electrons. The lowest BCUT2D eigenvalue weighted by molar-refractivity contribution is 0.102. The molecule has 0 radical (unpaired) electrons. The van der Waals surface area contributed by atoms with E-state index in [-0.39, 0.29) is 5.91 Å². The average molecular weight is 365 g/mol. The average Bonchev–Trinajstić information content (AvgIpc) is 2.57. The van der Waals surface area contributed by atoms with E-state index in [0.29, 0.717) is 27.3 Å². The van der Waals surface area contributed by atoms with E-state index in [0.717, 1.165) is 31.7 Å². The number of carbonyl (C=O) groups is 1. The van der Waals surface area contributed by atoms with Crippen molar-refractivity contribution < 1.29 is 4.79 Å². The number of nitrogens with zero attached hydrogens (tertiary/aromatic N) is 3. The van der Waals surface area contributed by atoms with E-state index in [9.17, 15) is 4.79 Å². The Kier molecular flexibility index (Phi) is 5.21. The van der Waals surface area contributed by atoms with Gasteiger partial charge in [0.2, 0.25) is 0 Å². The smallest absolute Gasteiger partial charge is 0.274 e. The molecule has 0 spiro atoms. The van der Waals surface area contributed by atoms with Gasteiger partial charge in [0.15, 0.2) is 0 Å². The van der Waals surface area contributed by atoms with E-state index in [1.54, 1.807) is 31.2 Å². The van der Waals surface area contributed by atoms with Gasteiger partial charge < -0.3 is 10.2 Å². The third kappa shape index (κ3) is 3.97. The second kappa shape index (κ2) is 7.36. The van der Waals surface area contributed by atoms with Gasteiger partial charge in [-0.2, -0.15) is 0 Å². The number of hydrogen-bond donors (Lipinski definition) is 1. The van der Waals surface area contributed by atoms with Crippen LogP contribution in [0.4, 0.5) is 11.5 Å². The van der Waals surface area contributed by atoms with Gasteiger partial charge >= 0.3 is 0 Å². The molecule has 0 bridgehead atoms. The Labute approximate surface area is 151 Å². The van der Waals surface area contributed by atoms with Gasteiger partial charge in [-0.05, 0) is 44.4 Å². The molecule has 5 nitrogen and oxygen atoms in total. The Hall–Kier alpha value is -1.85. The molecule has 0 aliphatic carbocycles. The van der Waals surface area contributed by atoms with Crippen LogP contribution in [0.3, 0.4) is 0 Å². The van der Waals surface area contributed by atoms with Crippen molar-refractivity contribution in [3.63, 3.8) is 0 Å². The van der Waals surface area contributed by atoms with Gasteiger partial charge in [0, 0.05) is 24.2 Å². The maximum absolute atomic E-state index is 12.5. The Balaban J connectivity index is 1.82. The molecule has 1 N–H and O–H groups in total. The van der Waals surface area contributed by atoms with Crippen molar-refractivity contribution in [2.45, 2.75) is 26.2 Å². The summed E-state index contributed by atoms with van der Waals surface area (Å²) in [6, 6.07) is 6.66. The minimum atomic E-state index is -0.317. The molecular formula is C17H18Cl2N4O. The number of aromatic nitrogens is 2. The summed E-state index contributed by atoms with van der Waals surface area (Å²) in [5.74, 6) is 1.06. The zero-order valence-electron chi connectivity index (χ0n) is 13.4. The molecule has 1 aromatic carbocycles. The van der Waals surface area contributed by atoms with Gasteiger partial charge in [-0.25, -0.2) is 9.97 Å². The minimum Gasteiger partial charge on any atom is -0.356 e. The zero-order valence-corrected chi connectivity index (χ0v) is 14.9. The fourth-order valence-corrected chi connectivity index (χ4v) is 3.19. The first kappa shape index (κ1) is 17.0. The molecule has 2 aromatic rings. The Morgan fingerprint density at radius 1 is 1.12 bits per heavy atom. The molecule has 1 aliphatic heterocycles. The summed E-state index contributed by atoms with van der Waals surface area (Å²) < 4.78 is 0. The number of rotatable bonds is 3. The van der Waals surface area contributed by atoms with Crippen LogP contribution in [0.1, 0.15) is 35.6 Å². The third-order valence-electron chi connectivity index (χ3n) is 3.92. The summed E-state index contributed by atoms with van der Waals surface area (Å²) >= 11 is 12.0. The van der Waals surface area contributed by atoms with Crippen LogP contribution < -0.4 is 10.2 Å². The maximum Gasteiger partial charge on any atom is 0.274 e. The first-order valence-electron chi connectivity index (χ1n) is 7.90. The molecule has 1 aromatic heterocycles. The lowest BCUT2D eigenvalue weighted by atomic mass is 10.1. The number of hydrogen-bond acceptors (Lipinski definition) is 4. The fraction of sp³-hybridized carbons (Fsp3) is 0.353. The van der Waals surface area contributed by atoms with Gasteiger partial charge in [-0.1, -0.05) is 23.2 Å². The van der Waals surface area contributed by atoms with Crippen LogP contribution in [0.2, 0.25) is 10.0 Å². The van der Waals surface area contributed by atoms with E-state index in [2.05, 4.69) is 20.2 Å². The molecule has 24 heavy (non-hydrogen) atoms. The Morgan fingerprint density at radius 2 is 1.88 bits per heavy atom. The molecule has 3 rings (SSSR count). The highest BCUT2D eigenvalue weighted by molar-refractivity contribution is 6.36. The van der Waals surface area contributed by atoms with Crippen molar-refractivity contribution in [2.24, 2.45) is 0 Å². The van der Waals surface area contributed by atoms with Gasteiger partial charge in [-0.15, -0.1) is 0 Å². The molecular weight excluding hydrogens is 347 g/mol. The number of piperidine rings is 1. The number of nitrogens with one attached hydrogen (secondary N) is 1. The summed E-state index contributed by atoms with van der Waals surface area (Å²) in [5.41, 5.74) is 0.830. The molecule has 0 saturated carbocycles. The molecule has 1 fully saturated rings. The van der Waals surface area contributed by atoms with Crippen LogP contribution in [-0.4, -0.2) is 29.0 Å². The van der Waals surface area contributed by atoms with Gasteiger partial charge in [0.1, 0.15) is 17.3 Å². The van der Waals surface area contributed by atoms with Gasteiger partial charge in [-0.3, -0.25) is 4.79 Å². The summed E-state index contributed by atoms with van der Waals surface area (Å²) in [6.07, 6.45) is 3.53. The molecule has 1 saturated heterocycles. The summed E-state index contributed by atoms with van der Waals surface area (Å²) in [4.78, 5) is 23.4. The van der Waals surface area contributed by atoms with Crippen molar-refractivity contribution in [1.29, 1.82) is 0 Å². The first-order chi connectivity index (χ1) is 11.5. The quantitative estimate of drug-likeness (QED) is 0.879. The lowest BCUT2D eigenvalue weighted by Crippen LogP contribution is -2.31. The lowest BCUT2D eigenvalue weighted by Gasteiger charge is -2.28. The van der Waals surface area contributed by atoms with Crippen molar-refractivity contribution >= 4 is 40.6 Å². The van der Waals surface area contributed by atoms with Gasteiger partial charge in [0.05, 0.1) is 10.7 Å². The Bertz CT molecular complexity index is 760. The van der Waals surface area contributed by atoms with Crippen LogP contribution in [0.25, 0.3) is 0 Å². The maximum atomic E-state index is 12.5. The number of benzene rings is 1. The molecule has 0 unspecified atom stereocenters. The summed E-state index contributed by atoms with van der Waals surface area (Å²) in [5, 5.41) is 3.68. The highest BCUT2D eigenvalue weighted by Gasteiger charge is 2.17. The van der Waals surface area contributed by atoms with E-state index in [1.165, 1.54) is 6.42 Å². The van der Waals surface area contributed by atoms with Crippen molar-refractivity contribution in [2.75, 3.05) is 23.3 Å². The summed E-state index contributed by atoms with van der Waals surface area (Å²) in [7, 11) is 0.